The molecule has 142 valence electrons. The lowest BCUT2D eigenvalue weighted by atomic mass is 10.1. The lowest BCUT2D eigenvalue weighted by Crippen LogP contribution is -2.18. The number of rotatable bonds is 5. The Bertz CT molecular complexity index is 1150. The SMILES string of the molecule is Cc1nc(C)c(-c2csc(NC(=O)Cn3cc(-c4ccccc4Cl)cn3)n2)s1. The molecule has 9 heteroatoms. The van der Waals surface area contributed by atoms with Gasteiger partial charge in [0, 0.05) is 27.7 Å². The molecule has 0 spiro atoms. The molecule has 0 aliphatic heterocycles. The predicted octanol–water partition coefficient (Wildman–Crippen LogP) is 5.04. The minimum Gasteiger partial charge on any atom is -0.300 e. The molecule has 28 heavy (non-hydrogen) atoms. The van der Waals surface area contributed by atoms with Gasteiger partial charge in [-0.2, -0.15) is 5.10 Å². The number of benzene rings is 1. The number of nitrogens with zero attached hydrogens (tertiary/aromatic N) is 4. The molecule has 0 aliphatic rings. The summed E-state index contributed by atoms with van der Waals surface area (Å²) in [5, 5.41) is 11.2. The van der Waals surface area contributed by atoms with E-state index in [2.05, 4.69) is 20.4 Å². The van der Waals surface area contributed by atoms with Crippen molar-refractivity contribution in [2.75, 3.05) is 5.32 Å². The first kappa shape index (κ1) is 18.8. The lowest BCUT2D eigenvalue weighted by molar-refractivity contribution is -0.116. The second kappa shape index (κ2) is 7.83. The Hall–Kier alpha value is -2.55. The van der Waals surface area contributed by atoms with Crippen LogP contribution in [0.1, 0.15) is 10.7 Å². The monoisotopic (exact) mass is 429 g/mol. The van der Waals surface area contributed by atoms with Gasteiger partial charge in [-0.25, -0.2) is 9.97 Å². The Balaban J connectivity index is 1.43. The molecule has 1 N–H and O–H groups in total. The van der Waals surface area contributed by atoms with Crippen LogP contribution in [0.3, 0.4) is 0 Å². The summed E-state index contributed by atoms with van der Waals surface area (Å²) in [7, 11) is 0. The maximum atomic E-state index is 12.4. The Morgan fingerprint density at radius 1 is 1.25 bits per heavy atom. The fourth-order valence-corrected chi connectivity index (χ4v) is 4.71. The molecule has 1 aromatic carbocycles. The number of thiazole rings is 2. The Labute approximate surface area is 174 Å². The molecular formula is C19H16ClN5OS2. The summed E-state index contributed by atoms with van der Waals surface area (Å²) in [6.45, 7) is 4.03. The third-order valence-electron chi connectivity index (χ3n) is 4.01. The number of nitrogens with one attached hydrogen (secondary N) is 1. The van der Waals surface area contributed by atoms with Crippen LogP contribution < -0.4 is 5.32 Å². The Morgan fingerprint density at radius 3 is 2.82 bits per heavy atom. The van der Waals surface area contributed by atoms with Gasteiger partial charge >= 0.3 is 0 Å². The second-order valence-corrected chi connectivity index (χ2v) is 8.61. The number of aromatic nitrogens is 4. The van der Waals surface area contributed by atoms with Gasteiger partial charge in [0.2, 0.25) is 5.91 Å². The van der Waals surface area contributed by atoms with E-state index in [0.29, 0.717) is 10.2 Å². The molecule has 0 unspecified atom stereocenters. The molecule has 0 saturated carbocycles. The van der Waals surface area contributed by atoms with Crippen molar-refractivity contribution >= 4 is 45.3 Å². The minimum absolute atomic E-state index is 0.0953. The van der Waals surface area contributed by atoms with E-state index >= 15 is 0 Å². The zero-order chi connectivity index (χ0) is 19.7. The van der Waals surface area contributed by atoms with E-state index in [1.165, 1.54) is 11.3 Å². The van der Waals surface area contributed by atoms with Gasteiger partial charge in [-0.15, -0.1) is 22.7 Å². The smallest absolute Gasteiger partial charge is 0.247 e. The van der Waals surface area contributed by atoms with Crippen LogP contribution in [0, 0.1) is 13.8 Å². The van der Waals surface area contributed by atoms with E-state index in [-0.39, 0.29) is 12.5 Å². The van der Waals surface area contributed by atoms with Gasteiger partial charge in [0.05, 0.1) is 27.5 Å². The van der Waals surface area contributed by atoms with Crippen LogP contribution >= 0.6 is 34.3 Å². The molecule has 0 saturated heterocycles. The fraction of sp³-hybridized carbons (Fsp3) is 0.158. The van der Waals surface area contributed by atoms with Crippen molar-refractivity contribution < 1.29 is 4.79 Å². The van der Waals surface area contributed by atoms with E-state index in [1.807, 2.05) is 43.5 Å². The average Bonchev–Trinajstić information content (AvgIpc) is 3.36. The molecule has 3 heterocycles. The van der Waals surface area contributed by atoms with Gasteiger partial charge in [-0.05, 0) is 19.9 Å². The van der Waals surface area contributed by atoms with Crippen molar-refractivity contribution in [1.29, 1.82) is 0 Å². The molecule has 0 atom stereocenters. The molecule has 0 fully saturated rings. The number of amides is 1. The molecule has 4 aromatic rings. The van der Waals surface area contributed by atoms with Crippen LogP contribution in [0.5, 0.6) is 0 Å². The molecule has 0 bridgehead atoms. The van der Waals surface area contributed by atoms with Crippen molar-refractivity contribution in [3.05, 3.63) is 57.8 Å². The van der Waals surface area contributed by atoms with Crippen LogP contribution in [0.25, 0.3) is 21.7 Å². The zero-order valence-corrected chi connectivity index (χ0v) is 17.5. The summed E-state index contributed by atoms with van der Waals surface area (Å²) < 4.78 is 1.58. The highest BCUT2D eigenvalue weighted by atomic mass is 35.5. The second-order valence-electron chi connectivity index (χ2n) is 6.14. The van der Waals surface area contributed by atoms with E-state index in [4.69, 9.17) is 11.6 Å². The van der Waals surface area contributed by atoms with Crippen molar-refractivity contribution in [3.8, 4) is 21.7 Å². The standard InChI is InChI=1S/C19H16ClN5OS2/c1-11-18(28-12(2)22-11)16-10-27-19(23-16)24-17(26)9-25-8-13(7-21-25)14-5-3-4-6-15(14)20/h3-8,10H,9H2,1-2H3,(H,23,24,26). The van der Waals surface area contributed by atoms with Gasteiger partial charge in [-0.1, -0.05) is 29.8 Å². The highest BCUT2D eigenvalue weighted by Crippen LogP contribution is 2.32. The van der Waals surface area contributed by atoms with Crippen LogP contribution in [0.4, 0.5) is 5.13 Å². The number of carbonyl (C=O) groups is 1. The summed E-state index contributed by atoms with van der Waals surface area (Å²) in [5.74, 6) is -0.188. The van der Waals surface area contributed by atoms with E-state index in [0.717, 1.165) is 32.4 Å². The molecule has 1 amide bonds. The highest BCUT2D eigenvalue weighted by Gasteiger charge is 2.14. The average molecular weight is 430 g/mol. The summed E-state index contributed by atoms with van der Waals surface area (Å²) in [6, 6.07) is 7.54. The fourth-order valence-electron chi connectivity index (χ4n) is 2.79. The number of hydrogen-bond acceptors (Lipinski definition) is 6. The van der Waals surface area contributed by atoms with Crippen molar-refractivity contribution in [3.63, 3.8) is 0 Å². The summed E-state index contributed by atoms with van der Waals surface area (Å²) in [6.07, 6.45) is 3.50. The Kier molecular flexibility index (Phi) is 5.25. The maximum Gasteiger partial charge on any atom is 0.247 e. The molecule has 3 aromatic heterocycles. The predicted molar refractivity (Wildman–Crippen MR) is 114 cm³/mol. The van der Waals surface area contributed by atoms with Crippen molar-refractivity contribution in [2.24, 2.45) is 0 Å². The molecule has 0 radical (unpaired) electrons. The van der Waals surface area contributed by atoms with Gasteiger partial charge in [0.1, 0.15) is 6.54 Å². The van der Waals surface area contributed by atoms with E-state index in [9.17, 15) is 4.79 Å². The molecule has 4 rings (SSSR count). The van der Waals surface area contributed by atoms with E-state index in [1.54, 1.807) is 28.4 Å². The number of hydrogen-bond donors (Lipinski definition) is 1. The molecule has 6 nitrogen and oxygen atoms in total. The van der Waals surface area contributed by atoms with Crippen molar-refractivity contribution in [2.45, 2.75) is 20.4 Å². The zero-order valence-electron chi connectivity index (χ0n) is 15.1. The Morgan fingerprint density at radius 2 is 2.07 bits per heavy atom. The van der Waals surface area contributed by atoms with Crippen LogP contribution in [0.15, 0.2) is 42.0 Å². The topological polar surface area (TPSA) is 72.7 Å². The van der Waals surface area contributed by atoms with E-state index < -0.39 is 0 Å². The van der Waals surface area contributed by atoms with Crippen molar-refractivity contribution in [1.82, 2.24) is 19.7 Å². The number of halogens is 1. The van der Waals surface area contributed by atoms with Gasteiger partial charge in [0.25, 0.3) is 0 Å². The molecular weight excluding hydrogens is 414 g/mol. The largest absolute Gasteiger partial charge is 0.300 e. The highest BCUT2D eigenvalue weighted by molar-refractivity contribution is 7.16. The van der Waals surface area contributed by atoms with Gasteiger partial charge < -0.3 is 5.32 Å². The normalized spacial score (nSPS) is 11.0. The van der Waals surface area contributed by atoms with Gasteiger partial charge in [-0.3, -0.25) is 9.48 Å². The summed E-state index contributed by atoms with van der Waals surface area (Å²) >= 11 is 9.21. The van der Waals surface area contributed by atoms with Gasteiger partial charge in [0.15, 0.2) is 5.13 Å². The van der Waals surface area contributed by atoms with Crippen LogP contribution in [0.2, 0.25) is 5.02 Å². The quantitative estimate of drug-likeness (QED) is 0.482. The third kappa shape index (κ3) is 3.99. The first-order valence-electron chi connectivity index (χ1n) is 8.47. The lowest BCUT2D eigenvalue weighted by Gasteiger charge is -2.02. The summed E-state index contributed by atoms with van der Waals surface area (Å²) in [4.78, 5) is 22.3. The molecule has 0 aliphatic carbocycles. The third-order valence-corrected chi connectivity index (χ3v) is 6.19. The number of aryl methyl sites for hydroxylation is 2. The first-order chi connectivity index (χ1) is 13.5. The van der Waals surface area contributed by atoms with Crippen LogP contribution in [-0.2, 0) is 11.3 Å². The number of anilines is 1. The maximum absolute atomic E-state index is 12.4. The van der Waals surface area contributed by atoms with Crippen LogP contribution in [-0.4, -0.2) is 25.7 Å². The summed E-state index contributed by atoms with van der Waals surface area (Å²) in [5.41, 5.74) is 3.54. The minimum atomic E-state index is -0.188. The number of carbonyl (C=O) groups excluding carboxylic acids is 1. The first-order valence-corrected chi connectivity index (χ1v) is 10.5.